The Balaban J connectivity index is 1.59. The molecule has 1 aliphatic heterocycles. The summed E-state index contributed by atoms with van der Waals surface area (Å²) in [6, 6.07) is 18.2. The molecule has 6 rings (SSSR count). The Hall–Kier alpha value is -3.96. The average molecular weight is 634 g/mol. The molecule has 0 unspecified atom stereocenters. The van der Waals surface area contributed by atoms with Crippen molar-refractivity contribution in [2.75, 3.05) is 13.1 Å². The van der Waals surface area contributed by atoms with E-state index < -0.39 is 0 Å². The SMILES string of the molecule is CC(C)(C)c1cc2c(O)c(c1)Cc1cc(CN3CCCCC3)cc(c1O)Cc1cc(C(C)(C)C)cc(c1O)Cc1cccc(c1O)C2. The smallest absolute Gasteiger partial charge is 0.122 e. The van der Waals surface area contributed by atoms with E-state index in [9.17, 15) is 20.4 Å². The van der Waals surface area contributed by atoms with Crippen molar-refractivity contribution in [2.45, 2.75) is 104 Å². The van der Waals surface area contributed by atoms with Gasteiger partial charge in [-0.3, -0.25) is 4.90 Å². The molecule has 4 aromatic rings. The normalized spacial score (nSPS) is 15.9. The van der Waals surface area contributed by atoms with Gasteiger partial charge < -0.3 is 20.4 Å². The second-order valence-electron chi connectivity index (χ2n) is 16.0. The Labute approximate surface area is 280 Å². The lowest BCUT2D eigenvalue weighted by Gasteiger charge is -2.27. The van der Waals surface area contributed by atoms with Gasteiger partial charge in [0.1, 0.15) is 23.0 Å². The number of nitrogens with zero attached hydrogens (tertiary/aromatic N) is 1. The number of rotatable bonds is 2. The van der Waals surface area contributed by atoms with Crippen LogP contribution in [0.5, 0.6) is 23.0 Å². The molecule has 5 nitrogen and oxygen atoms in total. The number of likely N-dealkylation sites (tertiary alicyclic amines) is 1. The van der Waals surface area contributed by atoms with Gasteiger partial charge in [0, 0.05) is 32.2 Å². The highest BCUT2D eigenvalue weighted by molar-refractivity contribution is 5.57. The fourth-order valence-corrected chi connectivity index (χ4v) is 7.24. The lowest BCUT2D eigenvalue weighted by Crippen LogP contribution is -2.29. The summed E-state index contributed by atoms with van der Waals surface area (Å²) in [5.74, 6) is 0.811. The van der Waals surface area contributed by atoms with Crippen molar-refractivity contribution in [2.24, 2.45) is 0 Å². The van der Waals surface area contributed by atoms with Crippen LogP contribution in [-0.4, -0.2) is 38.4 Å². The molecule has 0 aromatic heterocycles. The van der Waals surface area contributed by atoms with Crippen molar-refractivity contribution in [3.05, 3.63) is 116 Å². The molecule has 4 N–H and O–H groups in total. The van der Waals surface area contributed by atoms with Crippen LogP contribution in [0.1, 0.15) is 122 Å². The van der Waals surface area contributed by atoms with Gasteiger partial charge in [-0.25, -0.2) is 0 Å². The maximum atomic E-state index is 11.9. The number of hydrogen-bond donors (Lipinski definition) is 4. The molecular formula is C42H51NO4. The summed E-state index contributed by atoms with van der Waals surface area (Å²) in [4.78, 5) is 2.49. The fraction of sp³-hybridized carbons (Fsp3) is 0.429. The van der Waals surface area contributed by atoms with E-state index in [2.05, 4.69) is 82.8 Å². The molecule has 1 fully saturated rings. The predicted octanol–water partition coefficient (Wildman–Crippen LogP) is 8.77. The minimum atomic E-state index is -0.170. The molecule has 0 atom stereocenters. The molecule has 1 saturated heterocycles. The highest BCUT2D eigenvalue weighted by atomic mass is 16.3. The molecule has 8 bridgehead atoms. The third-order valence-corrected chi connectivity index (χ3v) is 10.2. The molecule has 0 spiro atoms. The fourth-order valence-electron chi connectivity index (χ4n) is 7.24. The highest BCUT2D eigenvalue weighted by Gasteiger charge is 2.25. The predicted molar refractivity (Wildman–Crippen MR) is 190 cm³/mol. The third kappa shape index (κ3) is 7.01. The van der Waals surface area contributed by atoms with Crippen LogP contribution in [0.4, 0.5) is 0 Å². The Bertz CT molecular complexity index is 1690. The maximum Gasteiger partial charge on any atom is 0.122 e. The molecule has 0 saturated carbocycles. The Morgan fingerprint density at radius 2 is 0.830 bits per heavy atom. The van der Waals surface area contributed by atoms with E-state index in [4.69, 9.17) is 0 Å². The lowest BCUT2D eigenvalue weighted by molar-refractivity contribution is 0.221. The zero-order valence-corrected chi connectivity index (χ0v) is 29.0. The quantitative estimate of drug-likeness (QED) is 0.156. The number of para-hydroxylation sites is 1. The van der Waals surface area contributed by atoms with Crippen LogP contribution in [0.25, 0.3) is 0 Å². The van der Waals surface area contributed by atoms with E-state index >= 15 is 0 Å². The van der Waals surface area contributed by atoms with Crippen LogP contribution in [0, 0.1) is 0 Å². The Morgan fingerprint density at radius 1 is 0.489 bits per heavy atom. The van der Waals surface area contributed by atoms with Crippen LogP contribution in [-0.2, 0) is 43.1 Å². The number of phenolic OH excluding ortho intramolecular Hbond substituents is 4. The minimum absolute atomic E-state index is 0.170. The van der Waals surface area contributed by atoms with Crippen molar-refractivity contribution in [1.82, 2.24) is 4.90 Å². The van der Waals surface area contributed by atoms with E-state index in [1.165, 1.54) is 19.3 Å². The van der Waals surface area contributed by atoms with Gasteiger partial charge in [-0.05, 0) is 98.0 Å². The first kappa shape index (κ1) is 33.0. The molecule has 5 heteroatoms. The van der Waals surface area contributed by atoms with Gasteiger partial charge in [0.25, 0.3) is 0 Å². The van der Waals surface area contributed by atoms with Gasteiger partial charge in [0.05, 0.1) is 0 Å². The topological polar surface area (TPSA) is 84.2 Å². The first-order valence-corrected chi connectivity index (χ1v) is 17.2. The largest absolute Gasteiger partial charge is 0.507 e. The Kier molecular flexibility index (Phi) is 8.82. The van der Waals surface area contributed by atoms with Crippen molar-refractivity contribution in [3.63, 3.8) is 0 Å². The summed E-state index contributed by atoms with van der Waals surface area (Å²) in [7, 11) is 0. The van der Waals surface area contributed by atoms with Gasteiger partial charge in [-0.15, -0.1) is 0 Å². The highest BCUT2D eigenvalue weighted by Crippen LogP contribution is 2.41. The summed E-state index contributed by atoms with van der Waals surface area (Å²) < 4.78 is 0. The van der Waals surface area contributed by atoms with Gasteiger partial charge in [-0.2, -0.15) is 0 Å². The van der Waals surface area contributed by atoms with Crippen LogP contribution in [0.15, 0.2) is 54.6 Å². The number of aromatic hydroxyl groups is 4. The molecule has 4 aromatic carbocycles. The van der Waals surface area contributed by atoms with Crippen molar-refractivity contribution < 1.29 is 20.4 Å². The monoisotopic (exact) mass is 633 g/mol. The van der Waals surface area contributed by atoms with Crippen LogP contribution in [0.3, 0.4) is 0 Å². The molecular weight excluding hydrogens is 582 g/mol. The molecule has 1 heterocycles. The van der Waals surface area contributed by atoms with E-state index in [1.807, 2.05) is 18.2 Å². The van der Waals surface area contributed by atoms with E-state index in [-0.39, 0.29) is 33.8 Å². The standard InChI is InChI=1S/C42H51NO4/c1-41(2,3)35-21-31-17-27-11-10-12-28(37(27)44)18-32-22-36(42(4,5)6)24-34(40(32)47)20-30-16-26(25-43-13-8-7-9-14-43)15-29(38(30)45)19-33(23-35)39(31)46/h10-12,15-16,21-24,44-47H,7-9,13-14,17-20,25H2,1-6H3. The molecule has 0 radical (unpaired) electrons. The molecule has 1 aliphatic carbocycles. The van der Waals surface area contributed by atoms with Crippen molar-refractivity contribution in [3.8, 4) is 23.0 Å². The van der Waals surface area contributed by atoms with Gasteiger partial charge in [0.15, 0.2) is 0 Å². The second-order valence-corrected chi connectivity index (χ2v) is 16.0. The minimum Gasteiger partial charge on any atom is -0.507 e. The molecule has 47 heavy (non-hydrogen) atoms. The summed E-state index contributed by atoms with van der Waals surface area (Å²) in [6.45, 7) is 15.9. The van der Waals surface area contributed by atoms with Gasteiger partial charge >= 0.3 is 0 Å². The average Bonchev–Trinajstić information content (AvgIpc) is 3.00. The zero-order chi connectivity index (χ0) is 33.7. The van der Waals surface area contributed by atoms with Crippen molar-refractivity contribution in [1.29, 1.82) is 0 Å². The second kappa shape index (κ2) is 12.6. The summed E-state index contributed by atoms with van der Waals surface area (Å²) in [5.41, 5.74) is 8.97. The van der Waals surface area contributed by atoms with Crippen LogP contribution < -0.4 is 0 Å². The summed E-state index contributed by atoms with van der Waals surface area (Å²) in [6.07, 6.45) is 5.09. The van der Waals surface area contributed by atoms with Crippen molar-refractivity contribution >= 4 is 0 Å². The lowest BCUT2D eigenvalue weighted by atomic mass is 9.81. The number of piperidine rings is 1. The summed E-state index contributed by atoms with van der Waals surface area (Å²) >= 11 is 0. The first-order valence-electron chi connectivity index (χ1n) is 17.2. The van der Waals surface area contributed by atoms with Gasteiger partial charge in [0.2, 0.25) is 0 Å². The van der Waals surface area contributed by atoms with E-state index in [0.29, 0.717) is 25.7 Å². The van der Waals surface area contributed by atoms with Crippen LogP contribution in [0.2, 0.25) is 0 Å². The van der Waals surface area contributed by atoms with Crippen LogP contribution >= 0.6 is 0 Å². The first-order chi connectivity index (χ1) is 22.2. The number of phenols is 4. The molecule has 2 aliphatic rings. The van der Waals surface area contributed by atoms with E-state index in [1.54, 1.807) is 0 Å². The summed E-state index contributed by atoms with van der Waals surface area (Å²) in [5, 5.41) is 47.0. The zero-order valence-electron chi connectivity index (χ0n) is 29.0. The Morgan fingerprint density at radius 3 is 1.21 bits per heavy atom. The van der Waals surface area contributed by atoms with E-state index in [0.717, 1.165) is 80.8 Å². The number of benzene rings is 4. The third-order valence-electron chi connectivity index (χ3n) is 10.2. The molecule has 248 valence electrons. The maximum absolute atomic E-state index is 11.9. The van der Waals surface area contributed by atoms with Gasteiger partial charge in [-0.1, -0.05) is 103 Å². The number of fused-ring (bicyclic) bond motifs is 8. The number of hydrogen-bond acceptors (Lipinski definition) is 5. The molecule has 0 amide bonds.